The van der Waals surface area contributed by atoms with E-state index in [0.29, 0.717) is 12.8 Å². The molecule has 1 aromatic carbocycles. The first-order valence-electron chi connectivity index (χ1n) is 12.1. The highest BCUT2D eigenvalue weighted by atomic mass is 16.6. The number of H-pyrrole nitrogens is 1. The molecule has 0 bridgehead atoms. The van der Waals surface area contributed by atoms with Crippen LogP contribution in [-0.4, -0.2) is 65.3 Å². The summed E-state index contributed by atoms with van der Waals surface area (Å²) in [5.41, 5.74) is 1.16. The number of hydrogen-bond donors (Lipinski definition) is 5. The smallest absolute Gasteiger partial charge is 0.323 e. The van der Waals surface area contributed by atoms with Gasteiger partial charge in [0.05, 0.1) is 6.04 Å². The van der Waals surface area contributed by atoms with E-state index in [1.54, 1.807) is 20.8 Å². The van der Waals surface area contributed by atoms with Gasteiger partial charge in [-0.25, -0.2) is 0 Å². The van der Waals surface area contributed by atoms with Crippen LogP contribution < -0.4 is 16.0 Å². The number of fused-ring (bicyclic) bond motifs is 1. The number of likely N-dealkylation sites (N-methyl/N-ethyl adjacent to an activating group) is 1. The molecule has 5 N–H and O–H groups in total. The van der Waals surface area contributed by atoms with Gasteiger partial charge in [-0.15, -0.1) is 0 Å². The van der Waals surface area contributed by atoms with Crippen LogP contribution in [0.1, 0.15) is 53.0 Å². The van der Waals surface area contributed by atoms with E-state index in [0.717, 1.165) is 16.5 Å². The van der Waals surface area contributed by atoms with E-state index in [4.69, 9.17) is 4.74 Å². The molecule has 0 aliphatic rings. The zero-order valence-electron chi connectivity index (χ0n) is 21.6. The number of carbonyl (C=O) groups excluding carboxylic acids is 3. The third-order valence-electron chi connectivity index (χ3n) is 5.51. The second kappa shape index (κ2) is 12.7. The Bertz CT molecular complexity index is 995. The number of benzene rings is 1. The van der Waals surface area contributed by atoms with E-state index in [2.05, 4.69) is 20.9 Å². The summed E-state index contributed by atoms with van der Waals surface area (Å²) < 4.78 is 5.47. The normalized spacial score (nSPS) is 14.4. The molecule has 2 amide bonds. The molecule has 0 spiro atoms. The van der Waals surface area contributed by atoms with Crippen molar-refractivity contribution in [3.05, 3.63) is 36.0 Å². The molecule has 35 heavy (non-hydrogen) atoms. The molecule has 2 rings (SSSR count). The molecule has 1 heterocycles. The number of nitrogens with one attached hydrogen (secondary N) is 4. The Morgan fingerprint density at radius 2 is 1.74 bits per heavy atom. The van der Waals surface area contributed by atoms with Gasteiger partial charge in [-0.2, -0.15) is 0 Å². The number of esters is 1. The Hall–Kier alpha value is -2.91. The fourth-order valence-electron chi connectivity index (χ4n) is 3.91. The summed E-state index contributed by atoms with van der Waals surface area (Å²) in [5.74, 6) is -1.10. The number of aromatic nitrogens is 1. The summed E-state index contributed by atoms with van der Waals surface area (Å²) in [6, 6.07) is 5.35. The van der Waals surface area contributed by atoms with Crippen LogP contribution in [0.15, 0.2) is 30.5 Å². The molecule has 9 heteroatoms. The number of aliphatic hydroxyl groups is 1. The van der Waals surface area contributed by atoms with Crippen molar-refractivity contribution in [2.75, 3.05) is 13.7 Å². The fraction of sp³-hybridized carbons (Fsp3) is 0.577. The third-order valence-corrected chi connectivity index (χ3v) is 5.51. The predicted molar refractivity (Wildman–Crippen MR) is 136 cm³/mol. The van der Waals surface area contributed by atoms with Gasteiger partial charge in [0.15, 0.2) is 0 Å². The van der Waals surface area contributed by atoms with Gasteiger partial charge in [-0.1, -0.05) is 32.0 Å². The molecule has 0 radical (unpaired) electrons. The first-order valence-corrected chi connectivity index (χ1v) is 12.1. The lowest BCUT2D eigenvalue weighted by Gasteiger charge is -2.29. The van der Waals surface area contributed by atoms with E-state index < -0.39 is 35.6 Å². The number of aromatic amines is 1. The minimum absolute atomic E-state index is 0.102. The Kier molecular flexibility index (Phi) is 10.3. The highest BCUT2D eigenvalue weighted by Crippen LogP contribution is 2.19. The average Bonchev–Trinajstić information content (AvgIpc) is 3.18. The van der Waals surface area contributed by atoms with Gasteiger partial charge < -0.3 is 25.5 Å². The van der Waals surface area contributed by atoms with Crippen LogP contribution in [0.25, 0.3) is 10.9 Å². The highest BCUT2D eigenvalue weighted by molar-refractivity contribution is 5.91. The lowest BCUT2D eigenvalue weighted by atomic mass is 9.99. The van der Waals surface area contributed by atoms with Gasteiger partial charge in [0.1, 0.15) is 17.7 Å². The minimum atomic E-state index is -0.860. The standard InChI is InChI=1S/C26H40N4O5/c1-16(2)13-21(29-20(11-12-31)25(34)35-26(3,4)5)24(33)30-22(23(32)27-6)14-17-15-28-19-10-8-7-9-18(17)19/h7-10,15-16,20-22,28-29,31H,11-14H2,1-6H3,(H,27,32)(H,30,33)/t20-,21+,22+/m1/s1. The summed E-state index contributed by atoms with van der Waals surface area (Å²) in [4.78, 5) is 42.0. The van der Waals surface area contributed by atoms with Crippen LogP contribution >= 0.6 is 0 Å². The van der Waals surface area contributed by atoms with E-state index >= 15 is 0 Å². The number of hydrogen-bond acceptors (Lipinski definition) is 6. The van der Waals surface area contributed by atoms with Crippen molar-refractivity contribution in [3.8, 4) is 0 Å². The van der Waals surface area contributed by atoms with Crippen LogP contribution in [0, 0.1) is 5.92 Å². The van der Waals surface area contributed by atoms with Crippen LogP contribution in [0.3, 0.4) is 0 Å². The molecular weight excluding hydrogens is 448 g/mol. The van der Waals surface area contributed by atoms with Crippen molar-refractivity contribution >= 4 is 28.7 Å². The van der Waals surface area contributed by atoms with Crippen LogP contribution in [-0.2, 0) is 25.5 Å². The zero-order valence-corrected chi connectivity index (χ0v) is 21.6. The average molecular weight is 489 g/mol. The van der Waals surface area contributed by atoms with Crippen molar-refractivity contribution in [1.29, 1.82) is 0 Å². The summed E-state index contributed by atoms with van der Waals surface area (Å²) in [5, 5.41) is 19.0. The molecule has 0 aliphatic heterocycles. The molecule has 1 aromatic heterocycles. The fourth-order valence-corrected chi connectivity index (χ4v) is 3.91. The van der Waals surface area contributed by atoms with E-state index in [1.807, 2.05) is 44.3 Å². The number of ether oxygens (including phenoxy) is 1. The number of para-hydroxylation sites is 1. The van der Waals surface area contributed by atoms with Crippen molar-refractivity contribution in [1.82, 2.24) is 20.9 Å². The highest BCUT2D eigenvalue weighted by Gasteiger charge is 2.32. The Morgan fingerprint density at radius 3 is 2.34 bits per heavy atom. The Morgan fingerprint density at radius 1 is 1.06 bits per heavy atom. The van der Waals surface area contributed by atoms with Crippen molar-refractivity contribution in [3.63, 3.8) is 0 Å². The van der Waals surface area contributed by atoms with E-state index in [1.165, 1.54) is 7.05 Å². The monoisotopic (exact) mass is 488 g/mol. The zero-order chi connectivity index (χ0) is 26.2. The molecule has 2 aromatic rings. The van der Waals surface area contributed by atoms with Crippen molar-refractivity contribution in [2.24, 2.45) is 5.92 Å². The molecule has 0 saturated carbocycles. The summed E-state index contributed by atoms with van der Waals surface area (Å²) in [6.07, 6.45) is 2.68. The first kappa shape index (κ1) is 28.3. The van der Waals surface area contributed by atoms with Crippen LogP contribution in [0.5, 0.6) is 0 Å². The number of carbonyl (C=O) groups is 3. The summed E-state index contributed by atoms with van der Waals surface area (Å²) >= 11 is 0. The Balaban J connectivity index is 2.23. The summed E-state index contributed by atoms with van der Waals surface area (Å²) in [6.45, 7) is 8.99. The topological polar surface area (TPSA) is 133 Å². The maximum absolute atomic E-state index is 13.4. The molecule has 0 fully saturated rings. The largest absolute Gasteiger partial charge is 0.459 e. The second-order valence-corrected chi connectivity index (χ2v) is 10.2. The third kappa shape index (κ3) is 8.67. The lowest BCUT2D eigenvalue weighted by Crippen LogP contribution is -2.56. The SMILES string of the molecule is CNC(=O)[C@H](Cc1c[nH]c2ccccc12)NC(=O)[C@H](CC(C)C)N[C@H](CCO)C(=O)OC(C)(C)C. The number of rotatable bonds is 12. The molecule has 0 saturated heterocycles. The number of aliphatic hydroxyl groups excluding tert-OH is 1. The first-order chi connectivity index (χ1) is 16.4. The van der Waals surface area contributed by atoms with Gasteiger partial charge in [0, 0.05) is 37.2 Å². The summed E-state index contributed by atoms with van der Waals surface area (Å²) in [7, 11) is 1.53. The molecule has 194 valence electrons. The molecule has 3 atom stereocenters. The van der Waals surface area contributed by atoms with Gasteiger partial charge in [-0.05, 0) is 51.2 Å². The molecule has 0 unspecified atom stereocenters. The van der Waals surface area contributed by atoms with E-state index in [-0.39, 0.29) is 24.9 Å². The minimum Gasteiger partial charge on any atom is -0.459 e. The quantitative estimate of drug-likeness (QED) is 0.291. The maximum Gasteiger partial charge on any atom is 0.323 e. The van der Waals surface area contributed by atoms with Crippen LogP contribution in [0.4, 0.5) is 0 Å². The van der Waals surface area contributed by atoms with Crippen molar-refractivity contribution < 1.29 is 24.2 Å². The molecule has 0 aliphatic carbocycles. The van der Waals surface area contributed by atoms with E-state index in [9.17, 15) is 19.5 Å². The number of amides is 2. The van der Waals surface area contributed by atoms with Gasteiger partial charge >= 0.3 is 5.97 Å². The van der Waals surface area contributed by atoms with Crippen LogP contribution in [0.2, 0.25) is 0 Å². The lowest BCUT2D eigenvalue weighted by molar-refractivity contribution is -0.158. The molecular formula is C26H40N4O5. The van der Waals surface area contributed by atoms with Gasteiger partial charge in [0.25, 0.3) is 0 Å². The Labute approximate surface area is 207 Å². The second-order valence-electron chi connectivity index (χ2n) is 10.2. The van der Waals surface area contributed by atoms with Gasteiger partial charge in [-0.3, -0.25) is 19.7 Å². The van der Waals surface area contributed by atoms with Gasteiger partial charge in [0.2, 0.25) is 11.8 Å². The maximum atomic E-state index is 13.4. The van der Waals surface area contributed by atoms with Crippen molar-refractivity contribution in [2.45, 2.75) is 77.6 Å². The molecule has 9 nitrogen and oxygen atoms in total. The predicted octanol–water partition coefficient (Wildman–Crippen LogP) is 2.04.